The van der Waals surface area contributed by atoms with Gasteiger partial charge in [-0.25, -0.2) is 0 Å². The van der Waals surface area contributed by atoms with Gasteiger partial charge in [-0.2, -0.15) is 0 Å². The molecule has 0 fully saturated rings. The molecule has 0 unspecified atom stereocenters. The number of nitrogens with one attached hydrogen (secondary N) is 3. The number of benzene rings is 2. The lowest BCUT2D eigenvalue weighted by Gasteiger charge is -2.08. The number of amides is 2. The third-order valence-corrected chi connectivity index (χ3v) is 3.48. The van der Waals surface area contributed by atoms with Crippen molar-refractivity contribution in [1.29, 1.82) is 0 Å². The number of aromatic nitrogens is 1. The topological polar surface area (TPSA) is 83.2 Å². The number of para-hydroxylation sites is 2. The van der Waals surface area contributed by atoms with Crippen LogP contribution in [0.3, 0.4) is 0 Å². The third kappa shape index (κ3) is 3.92. The number of ether oxygens (including phenoxy) is 1. The number of hydrazine groups is 1. The van der Waals surface area contributed by atoms with Crippen LogP contribution < -0.4 is 15.6 Å². The highest BCUT2D eigenvalue weighted by atomic mass is 16.5. The van der Waals surface area contributed by atoms with Crippen molar-refractivity contribution in [3.8, 4) is 5.75 Å². The summed E-state index contributed by atoms with van der Waals surface area (Å²) in [5.41, 5.74) is 6.57. The van der Waals surface area contributed by atoms with E-state index >= 15 is 0 Å². The number of hydrogen-bond donors (Lipinski definition) is 3. The second-order valence-electron chi connectivity index (χ2n) is 5.23. The molecule has 0 saturated carbocycles. The Kier molecular flexibility index (Phi) is 4.76. The van der Waals surface area contributed by atoms with E-state index in [0.717, 1.165) is 16.5 Å². The Hall–Kier alpha value is -3.28. The van der Waals surface area contributed by atoms with E-state index in [1.165, 1.54) is 0 Å². The molecule has 0 bridgehead atoms. The molecule has 0 saturated heterocycles. The van der Waals surface area contributed by atoms with E-state index < -0.39 is 5.91 Å². The lowest BCUT2D eigenvalue weighted by Crippen LogP contribution is -2.44. The molecule has 0 radical (unpaired) electrons. The first-order valence-electron chi connectivity index (χ1n) is 7.53. The van der Waals surface area contributed by atoms with Crippen LogP contribution in [-0.2, 0) is 16.0 Å². The molecule has 0 aliphatic rings. The number of carbonyl (C=O) groups is 2. The van der Waals surface area contributed by atoms with E-state index in [1.54, 1.807) is 18.3 Å². The van der Waals surface area contributed by atoms with Crippen LogP contribution in [-0.4, -0.2) is 23.4 Å². The van der Waals surface area contributed by atoms with Crippen LogP contribution in [0.1, 0.15) is 5.56 Å². The van der Waals surface area contributed by atoms with Gasteiger partial charge in [0.2, 0.25) is 5.91 Å². The highest BCUT2D eigenvalue weighted by Crippen LogP contribution is 2.17. The third-order valence-electron chi connectivity index (χ3n) is 3.48. The molecule has 0 atom stereocenters. The number of hydrogen-bond acceptors (Lipinski definition) is 3. The lowest BCUT2D eigenvalue weighted by atomic mass is 10.1. The van der Waals surface area contributed by atoms with Gasteiger partial charge in [-0.3, -0.25) is 20.4 Å². The minimum Gasteiger partial charge on any atom is -0.484 e. The molecule has 6 heteroatoms. The highest BCUT2D eigenvalue weighted by Gasteiger charge is 2.09. The van der Waals surface area contributed by atoms with E-state index in [1.807, 2.05) is 42.5 Å². The maximum absolute atomic E-state index is 12.0. The number of H-pyrrole nitrogens is 1. The Morgan fingerprint density at radius 3 is 2.46 bits per heavy atom. The predicted molar refractivity (Wildman–Crippen MR) is 90.2 cm³/mol. The summed E-state index contributed by atoms with van der Waals surface area (Å²) in [5.74, 6) is -0.128. The zero-order chi connectivity index (χ0) is 16.8. The summed E-state index contributed by atoms with van der Waals surface area (Å²) < 4.78 is 5.30. The fourth-order valence-corrected chi connectivity index (χ4v) is 2.34. The van der Waals surface area contributed by atoms with Crippen LogP contribution in [0.15, 0.2) is 60.8 Å². The molecular weight excluding hydrogens is 306 g/mol. The fraction of sp³-hybridized carbons (Fsp3) is 0.111. The minimum atomic E-state index is -0.425. The Labute approximate surface area is 138 Å². The molecule has 0 spiro atoms. The van der Waals surface area contributed by atoms with Crippen molar-refractivity contribution in [3.63, 3.8) is 0 Å². The van der Waals surface area contributed by atoms with Gasteiger partial charge in [0.25, 0.3) is 5.91 Å². The van der Waals surface area contributed by atoms with Crippen molar-refractivity contribution in [2.75, 3.05) is 6.61 Å². The predicted octanol–water partition coefficient (Wildman–Crippen LogP) is 1.94. The van der Waals surface area contributed by atoms with Crippen LogP contribution in [0, 0.1) is 0 Å². The van der Waals surface area contributed by atoms with E-state index in [2.05, 4.69) is 15.8 Å². The van der Waals surface area contributed by atoms with Crippen LogP contribution in [0.5, 0.6) is 5.75 Å². The molecule has 3 N–H and O–H groups in total. The van der Waals surface area contributed by atoms with Crippen molar-refractivity contribution < 1.29 is 14.3 Å². The molecule has 2 aromatic carbocycles. The molecule has 1 aromatic heterocycles. The minimum absolute atomic E-state index is 0.169. The normalized spacial score (nSPS) is 10.3. The Bertz CT molecular complexity index is 843. The summed E-state index contributed by atoms with van der Waals surface area (Å²) in [6.45, 7) is -0.169. The first kappa shape index (κ1) is 15.6. The molecule has 0 aliphatic carbocycles. The molecule has 1 heterocycles. The van der Waals surface area contributed by atoms with Crippen molar-refractivity contribution in [2.24, 2.45) is 0 Å². The van der Waals surface area contributed by atoms with Gasteiger partial charge in [0.05, 0.1) is 6.42 Å². The van der Waals surface area contributed by atoms with Crippen LogP contribution in [0.25, 0.3) is 10.9 Å². The van der Waals surface area contributed by atoms with Gasteiger partial charge in [0.1, 0.15) is 5.75 Å². The molecule has 122 valence electrons. The summed E-state index contributed by atoms with van der Waals surface area (Å²) in [6, 6.07) is 16.7. The summed E-state index contributed by atoms with van der Waals surface area (Å²) in [4.78, 5) is 26.7. The molecule has 3 aromatic rings. The lowest BCUT2D eigenvalue weighted by molar-refractivity contribution is -0.129. The smallest absolute Gasteiger partial charge is 0.276 e. The average Bonchev–Trinajstić information content (AvgIpc) is 3.02. The van der Waals surface area contributed by atoms with Crippen molar-refractivity contribution in [1.82, 2.24) is 15.8 Å². The second kappa shape index (κ2) is 7.32. The monoisotopic (exact) mass is 323 g/mol. The fourth-order valence-electron chi connectivity index (χ4n) is 2.34. The van der Waals surface area contributed by atoms with E-state index in [-0.39, 0.29) is 18.9 Å². The summed E-state index contributed by atoms with van der Waals surface area (Å²) in [6.07, 6.45) is 1.97. The number of fused-ring (bicyclic) bond motifs is 1. The van der Waals surface area contributed by atoms with Crippen LogP contribution in [0.4, 0.5) is 0 Å². The Balaban J connectivity index is 1.46. The number of aromatic amines is 1. The second-order valence-corrected chi connectivity index (χ2v) is 5.23. The Morgan fingerprint density at radius 2 is 1.62 bits per heavy atom. The molecule has 3 rings (SSSR count). The largest absolute Gasteiger partial charge is 0.484 e. The standard InChI is InChI=1S/C18H17N3O3/c22-17(10-13-11-19-16-9-5-4-8-15(13)16)20-21-18(23)12-24-14-6-2-1-3-7-14/h1-9,11,19H,10,12H2,(H,20,22)(H,21,23). The molecule has 24 heavy (non-hydrogen) atoms. The van der Waals surface area contributed by atoms with Gasteiger partial charge >= 0.3 is 0 Å². The maximum Gasteiger partial charge on any atom is 0.276 e. The Morgan fingerprint density at radius 1 is 0.917 bits per heavy atom. The SMILES string of the molecule is O=C(COc1ccccc1)NNC(=O)Cc1c[nH]c2ccccc12. The van der Waals surface area contributed by atoms with Gasteiger partial charge in [-0.15, -0.1) is 0 Å². The van der Waals surface area contributed by atoms with Crippen LogP contribution in [0.2, 0.25) is 0 Å². The van der Waals surface area contributed by atoms with Gasteiger partial charge in [0, 0.05) is 17.1 Å². The summed E-state index contributed by atoms with van der Waals surface area (Å²) >= 11 is 0. The highest BCUT2D eigenvalue weighted by molar-refractivity contribution is 5.89. The van der Waals surface area contributed by atoms with Gasteiger partial charge in [-0.1, -0.05) is 36.4 Å². The first-order valence-corrected chi connectivity index (χ1v) is 7.53. The van der Waals surface area contributed by atoms with Gasteiger partial charge in [0.15, 0.2) is 6.61 Å². The van der Waals surface area contributed by atoms with Crippen LogP contribution >= 0.6 is 0 Å². The number of rotatable bonds is 5. The van der Waals surface area contributed by atoms with Crippen molar-refractivity contribution in [2.45, 2.75) is 6.42 Å². The summed E-state index contributed by atoms with van der Waals surface area (Å²) in [5, 5.41) is 0.992. The van der Waals surface area contributed by atoms with Gasteiger partial charge < -0.3 is 9.72 Å². The van der Waals surface area contributed by atoms with Crippen molar-refractivity contribution in [3.05, 3.63) is 66.4 Å². The molecular formula is C18H17N3O3. The molecule has 6 nitrogen and oxygen atoms in total. The zero-order valence-electron chi connectivity index (χ0n) is 12.9. The quantitative estimate of drug-likeness (QED) is 0.628. The van der Waals surface area contributed by atoms with E-state index in [0.29, 0.717) is 5.75 Å². The summed E-state index contributed by atoms with van der Waals surface area (Å²) in [7, 11) is 0. The first-order chi connectivity index (χ1) is 11.7. The van der Waals surface area contributed by atoms with E-state index in [9.17, 15) is 9.59 Å². The number of carbonyl (C=O) groups excluding carboxylic acids is 2. The molecule has 0 aliphatic heterocycles. The van der Waals surface area contributed by atoms with Crippen molar-refractivity contribution >= 4 is 22.7 Å². The average molecular weight is 323 g/mol. The zero-order valence-corrected chi connectivity index (χ0v) is 12.9. The van der Waals surface area contributed by atoms with Gasteiger partial charge in [-0.05, 0) is 23.8 Å². The molecule has 2 amide bonds. The van der Waals surface area contributed by atoms with E-state index in [4.69, 9.17) is 4.74 Å². The maximum atomic E-state index is 12.0.